The molecule has 0 bridgehead atoms. The van der Waals surface area contributed by atoms with Crippen molar-refractivity contribution in [2.24, 2.45) is 0 Å². The fourth-order valence-corrected chi connectivity index (χ4v) is 6.01. The van der Waals surface area contributed by atoms with Gasteiger partial charge in [-0.2, -0.15) is 4.31 Å². The molecule has 0 radical (unpaired) electrons. The Labute approximate surface area is 169 Å². The highest BCUT2D eigenvalue weighted by Gasteiger charge is 2.35. The number of sulfonamides is 1. The second-order valence-corrected chi connectivity index (χ2v) is 10.2. The van der Waals surface area contributed by atoms with E-state index in [4.69, 9.17) is 0 Å². The van der Waals surface area contributed by atoms with Gasteiger partial charge in [0, 0.05) is 32.2 Å². The summed E-state index contributed by atoms with van der Waals surface area (Å²) >= 11 is 0. The third kappa shape index (κ3) is 3.84. The third-order valence-electron chi connectivity index (χ3n) is 6.65. The van der Waals surface area contributed by atoms with E-state index in [1.54, 1.807) is 4.31 Å². The maximum atomic E-state index is 13.4. The van der Waals surface area contributed by atoms with Crippen LogP contribution in [0.15, 0.2) is 4.90 Å². The summed E-state index contributed by atoms with van der Waals surface area (Å²) in [5.74, 6) is 0.0512. The highest BCUT2D eigenvalue weighted by atomic mass is 32.2. The standard InChI is InChI=1S/C21H33N3O3S/c1-13-14(2)16(4)20(17(5)15(13)3)28(26,27)24-11-9-23(10-12-24)18(6)21(25)22-19-7-8-19/h18-19H,7-12H2,1-6H3,(H,22,25). The molecular weight excluding hydrogens is 374 g/mol. The first kappa shape index (κ1) is 21.3. The normalized spacial score (nSPS) is 20.2. The maximum absolute atomic E-state index is 13.4. The van der Waals surface area contributed by atoms with Gasteiger partial charge in [-0.15, -0.1) is 0 Å². The molecular formula is C21H33N3O3S. The van der Waals surface area contributed by atoms with E-state index in [1.807, 2.05) is 41.5 Å². The molecule has 1 aromatic rings. The molecule has 1 aliphatic heterocycles. The van der Waals surface area contributed by atoms with Crippen molar-refractivity contribution < 1.29 is 13.2 Å². The summed E-state index contributed by atoms with van der Waals surface area (Å²) in [5, 5.41) is 3.04. The second-order valence-electron chi connectivity index (χ2n) is 8.35. The zero-order valence-corrected chi connectivity index (χ0v) is 18.7. The summed E-state index contributed by atoms with van der Waals surface area (Å²) in [6, 6.07) is 0.119. The maximum Gasteiger partial charge on any atom is 0.243 e. The zero-order chi connectivity index (χ0) is 20.8. The number of benzene rings is 1. The largest absolute Gasteiger partial charge is 0.352 e. The van der Waals surface area contributed by atoms with Crippen LogP contribution in [0.2, 0.25) is 0 Å². The summed E-state index contributed by atoms with van der Waals surface area (Å²) in [6.45, 7) is 13.7. The van der Waals surface area contributed by atoms with Gasteiger partial charge in [0.1, 0.15) is 0 Å². The van der Waals surface area contributed by atoms with E-state index in [1.165, 1.54) is 0 Å². The third-order valence-corrected chi connectivity index (χ3v) is 8.83. The number of hydrogen-bond acceptors (Lipinski definition) is 4. The van der Waals surface area contributed by atoms with Gasteiger partial charge in [0.15, 0.2) is 0 Å². The molecule has 0 aromatic heterocycles. The molecule has 1 heterocycles. The quantitative estimate of drug-likeness (QED) is 0.812. The molecule has 1 unspecified atom stereocenters. The van der Waals surface area contributed by atoms with E-state index in [0.29, 0.717) is 37.1 Å². The highest BCUT2D eigenvalue weighted by Crippen LogP contribution is 2.32. The molecule has 3 rings (SSSR count). The number of carbonyl (C=O) groups excluding carboxylic acids is 1. The van der Waals surface area contributed by atoms with Crippen molar-refractivity contribution in [3.05, 3.63) is 27.8 Å². The van der Waals surface area contributed by atoms with Gasteiger partial charge in [-0.05, 0) is 82.2 Å². The second kappa shape index (κ2) is 7.76. The van der Waals surface area contributed by atoms with Crippen LogP contribution in [0.4, 0.5) is 0 Å². The molecule has 1 aliphatic carbocycles. The van der Waals surface area contributed by atoms with Crippen LogP contribution < -0.4 is 5.32 Å². The topological polar surface area (TPSA) is 69.7 Å². The summed E-state index contributed by atoms with van der Waals surface area (Å²) in [7, 11) is -3.56. The Balaban J connectivity index is 1.76. The Kier molecular flexibility index (Phi) is 5.90. The summed E-state index contributed by atoms with van der Waals surface area (Å²) < 4.78 is 28.5. The average Bonchev–Trinajstić information content (AvgIpc) is 3.48. The Morgan fingerprint density at radius 3 is 1.82 bits per heavy atom. The fraction of sp³-hybridized carbons (Fsp3) is 0.667. The number of nitrogens with one attached hydrogen (secondary N) is 1. The van der Waals surface area contributed by atoms with E-state index in [2.05, 4.69) is 10.2 Å². The first-order valence-corrected chi connectivity index (χ1v) is 11.6. The molecule has 1 N–H and O–H groups in total. The predicted octanol–water partition coefficient (Wildman–Crippen LogP) is 2.20. The number of amides is 1. The van der Waals surface area contributed by atoms with Crippen molar-refractivity contribution in [1.82, 2.24) is 14.5 Å². The number of carbonyl (C=O) groups is 1. The van der Waals surface area contributed by atoms with Crippen molar-refractivity contribution in [3.8, 4) is 0 Å². The first-order valence-electron chi connectivity index (χ1n) is 10.2. The van der Waals surface area contributed by atoms with Crippen LogP contribution in [0.5, 0.6) is 0 Å². The van der Waals surface area contributed by atoms with Crippen molar-refractivity contribution in [2.75, 3.05) is 26.2 Å². The van der Waals surface area contributed by atoms with Crippen molar-refractivity contribution in [3.63, 3.8) is 0 Å². The number of piperazine rings is 1. The van der Waals surface area contributed by atoms with E-state index >= 15 is 0 Å². The van der Waals surface area contributed by atoms with Crippen LogP contribution in [0.3, 0.4) is 0 Å². The molecule has 1 aromatic carbocycles. The van der Waals surface area contributed by atoms with Crippen LogP contribution in [0.1, 0.15) is 47.6 Å². The molecule has 6 nitrogen and oxygen atoms in total. The van der Waals surface area contributed by atoms with Crippen molar-refractivity contribution >= 4 is 15.9 Å². The Bertz CT molecular complexity index is 854. The molecule has 0 spiro atoms. The lowest BCUT2D eigenvalue weighted by Crippen LogP contribution is -2.55. The lowest BCUT2D eigenvalue weighted by atomic mass is 9.95. The molecule has 7 heteroatoms. The summed E-state index contributed by atoms with van der Waals surface area (Å²) in [5.41, 5.74) is 4.95. The first-order chi connectivity index (χ1) is 13.1. The monoisotopic (exact) mass is 407 g/mol. The van der Waals surface area contributed by atoms with Crippen LogP contribution in [-0.4, -0.2) is 61.8 Å². The molecule has 156 valence electrons. The van der Waals surface area contributed by atoms with Crippen molar-refractivity contribution in [1.29, 1.82) is 0 Å². The van der Waals surface area contributed by atoms with Crippen LogP contribution >= 0.6 is 0 Å². The van der Waals surface area contributed by atoms with Crippen LogP contribution in [0.25, 0.3) is 0 Å². The minimum atomic E-state index is -3.56. The molecule has 1 saturated heterocycles. The minimum Gasteiger partial charge on any atom is -0.352 e. The fourth-order valence-electron chi connectivity index (χ4n) is 4.03. The van der Waals surface area contributed by atoms with Crippen LogP contribution in [-0.2, 0) is 14.8 Å². The molecule has 1 amide bonds. The molecule has 2 fully saturated rings. The number of hydrogen-bond donors (Lipinski definition) is 1. The smallest absolute Gasteiger partial charge is 0.243 e. The van der Waals surface area contributed by atoms with E-state index in [0.717, 1.165) is 40.7 Å². The van der Waals surface area contributed by atoms with Gasteiger partial charge < -0.3 is 5.32 Å². The van der Waals surface area contributed by atoms with E-state index in [-0.39, 0.29) is 11.9 Å². The number of nitrogens with zero attached hydrogens (tertiary/aromatic N) is 2. The lowest BCUT2D eigenvalue weighted by Gasteiger charge is -2.37. The Morgan fingerprint density at radius 2 is 1.36 bits per heavy atom. The molecule has 1 atom stereocenters. The Hall–Kier alpha value is -1.44. The minimum absolute atomic E-state index is 0.0512. The summed E-state index contributed by atoms with van der Waals surface area (Å²) in [4.78, 5) is 14.8. The van der Waals surface area contributed by atoms with E-state index < -0.39 is 10.0 Å². The molecule has 1 saturated carbocycles. The number of rotatable bonds is 5. The SMILES string of the molecule is Cc1c(C)c(C)c(S(=O)(=O)N2CCN(C(C)C(=O)NC3CC3)CC2)c(C)c1C. The predicted molar refractivity (Wildman–Crippen MR) is 111 cm³/mol. The van der Waals surface area contributed by atoms with Gasteiger partial charge in [-0.1, -0.05) is 0 Å². The molecule has 28 heavy (non-hydrogen) atoms. The van der Waals surface area contributed by atoms with Crippen LogP contribution in [0, 0.1) is 34.6 Å². The van der Waals surface area contributed by atoms with Crippen molar-refractivity contribution in [2.45, 2.75) is 71.4 Å². The van der Waals surface area contributed by atoms with Gasteiger partial charge in [-0.3, -0.25) is 9.69 Å². The molecule has 2 aliphatic rings. The summed E-state index contributed by atoms with van der Waals surface area (Å²) in [6.07, 6.45) is 2.14. The van der Waals surface area contributed by atoms with Gasteiger partial charge in [-0.25, -0.2) is 8.42 Å². The van der Waals surface area contributed by atoms with E-state index in [9.17, 15) is 13.2 Å². The highest BCUT2D eigenvalue weighted by molar-refractivity contribution is 7.89. The van der Waals surface area contributed by atoms with Gasteiger partial charge in [0.25, 0.3) is 0 Å². The van der Waals surface area contributed by atoms with Gasteiger partial charge in [0.2, 0.25) is 15.9 Å². The van der Waals surface area contributed by atoms with Gasteiger partial charge >= 0.3 is 0 Å². The van der Waals surface area contributed by atoms with Gasteiger partial charge in [0.05, 0.1) is 10.9 Å². The average molecular weight is 408 g/mol. The Morgan fingerprint density at radius 1 is 0.893 bits per heavy atom. The lowest BCUT2D eigenvalue weighted by molar-refractivity contribution is -0.126. The zero-order valence-electron chi connectivity index (χ0n) is 17.9.